The van der Waals surface area contributed by atoms with Crippen LogP contribution in [-0.2, 0) is 6.54 Å². The Balaban J connectivity index is 1.70. The van der Waals surface area contributed by atoms with Crippen molar-refractivity contribution in [3.63, 3.8) is 0 Å². The SMILES string of the molecule is FC(F)c1nc(Nc2cccc(Br)c2Cl)c2ncc(CN3CC(F)(F)C3)cc2n1. The fourth-order valence-corrected chi connectivity index (χ4v) is 3.59. The number of pyridine rings is 1. The van der Waals surface area contributed by atoms with E-state index in [1.165, 1.54) is 6.20 Å². The summed E-state index contributed by atoms with van der Waals surface area (Å²) in [5.74, 6) is -3.27. The van der Waals surface area contributed by atoms with E-state index in [1.807, 2.05) is 0 Å². The van der Waals surface area contributed by atoms with E-state index in [4.69, 9.17) is 11.6 Å². The molecule has 152 valence electrons. The molecule has 1 saturated heterocycles. The topological polar surface area (TPSA) is 53.9 Å². The Bertz CT molecular complexity index is 1070. The third-order valence-electron chi connectivity index (χ3n) is 4.33. The van der Waals surface area contributed by atoms with Gasteiger partial charge in [0.15, 0.2) is 11.6 Å². The third-order valence-corrected chi connectivity index (χ3v) is 5.62. The quantitative estimate of drug-likeness (QED) is 0.474. The number of alkyl halides is 4. The number of aromatic nitrogens is 3. The summed E-state index contributed by atoms with van der Waals surface area (Å²) in [4.78, 5) is 13.6. The lowest BCUT2D eigenvalue weighted by atomic mass is 10.1. The number of rotatable bonds is 5. The van der Waals surface area contributed by atoms with Crippen molar-refractivity contribution in [1.82, 2.24) is 19.9 Å². The molecule has 0 radical (unpaired) electrons. The van der Waals surface area contributed by atoms with E-state index in [0.717, 1.165) is 0 Å². The van der Waals surface area contributed by atoms with E-state index in [9.17, 15) is 17.6 Å². The lowest BCUT2D eigenvalue weighted by molar-refractivity contribution is -0.133. The van der Waals surface area contributed by atoms with Crippen LogP contribution in [0.15, 0.2) is 34.9 Å². The average Bonchev–Trinajstić information content (AvgIpc) is 2.63. The number of hydrogen-bond donors (Lipinski definition) is 1. The second kappa shape index (κ2) is 7.66. The van der Waals surface area contributed by atoms with Crippen LogP contribution in [0.1, 0.15) is 17.8 Å². The first-order chi connectivity index (χ1) is 13.7. The van der Waals surface area contributed by atoms with Crippen molar-refractivity contribution in [2.24, 2.45) is 0 Å². The average molecular weight is 491 g/mol. The van der Waals surface area contributed by atoms with Gasteiger partial charge in [-0.3, -0.25) is 9.88 Å². The smallest absolute Gasteiger partial charge is 0.297 e. The van der Waals surface area contributed by atoms with E-state index in [0.29, 0.717) is 20.7 Å². The highest BCUT2D eigenvalue weighted by molar-refractivity contribution is 9.10. The normalized spacial score (nSPS) is 16.2. The maximum atomic E-state index is 13.3. The highest BCUT2D eigenvalue weighted by Crippen LogP contribution is 2.34. The Kier molecular flexibility index (Phi) is 5.34. The third kappa shape index (κ3) is 4.29. The maximum absolute atomic E-state index is 13.3. The number of benzene rings is 1. The van der Waals surface area contributed by atoms with Gasteiger partial charge in [0, 0.05) is 17.2 Å². The standard InChI is InChI=1S/C18H13BrClF4N5/c19-10-2-1-3-11(13(10)20)26-16-14-12(27-17(28-16)15(21)22)4-9(5-25-14)6-29-7-18(23,24)8-29/h1-5,15H,6-8H2,(H,26,27,28). The Morgan fingerprint density at radius 3 is 2.69 bits per heavy atom. The fraction of sp³-hybridized carbons (Fsp3) is 0.278. The van der Waals surface area contributed by atoms with Crippen molar-refractivity contribution in [3.05, 3.63) is 51.3 Å². The molecule has 4 rings (SSSR count). The molecule has 1 fully saturated rings. The molecular formula is C18H13BrClF4N5. The first-order valence-corrected chi connectivity index (χ1v) is 9.65. The minimum atomic E-state index is -2.89. The molecule has 0 unspecified atom stereocenters. The number of hydrogen-bond acceptors (Lipinski definition) is 5. The van der Waals surface area contributed by atoms with Crippen LogP contribution in [0.3, 0.4) is 0 Å². The summed E-state index contributed by atoms with van der Waals surface area (Å²) in [5.41, 5.74) is 1.50. The summed E-state index contributed by atoms with van der Waals surface area (Å²) in [7, 11) is 0. The van der Waals surface area contributed by atoms with Crippen LogP contribution in [0.4, 0.5) is 29.1 Å². The highest BCUT2D eigenvalue weighted by atomic mass is 79.9. The van der Waals surface area contributed by atoms with Crippen molar-refractivity contribution in [3.8, 4) is 0 Å². The van der Waals surface area contributed by atoms with Gasteiger partial charge in [-0.1, -0.05) is 17.7 Å². The van der Waals surface area contributed by atoms with Crippen LogP contribution < -0.4 is 5.32 Å². The van der Waals surface area contributed by atoms with Crippen LogP contribution in [0.5, 0.6) is 0 Å². The van der Waals surface area contributed by atoms with Gasteiger partial charge < -0.3 is 5.32 Å². The molecule has 0 bridgehead atoms. The van der Waals surface area contributed by atoms with Gasteiger partial charge in [-0.2, -0.15) is 0 Å². The van der Waals surface area contributed by atoms with E-state index in [2.05, 4.69) is 36.2 Å². The zero-order chi connectivity index (χ0) is 20.8. The van der Waals surface area contributed by atoms with Crippen LogP contribution in [0.25, 0.3) is 11.0 Å². The van der Waals surface area contributed by atoms with Gasteiger partial charge in [0.2, 0.25) is 0 Å². The zero-order valence-corrected chi connectivity index (χ0v) is 17.0. The van der Waals surface area contributed by atoms with Gasteiger partial charge in [-0.15, -0.1) is 0 Å². The van der Waals surface area contributed by atoms with Crippen LogP contribution in [-0.4, -0.2) is 38.9 Å². The molecule has 0 spiro atoms. The molecule has 0 atom stereocenters. The minimum absolute atomic E-state index is 0.0762. The van der Waals surface area contributed by atoms with Crippen molar-refractivity contribution in [1.29, 1.82) is 0 Å². The molecule has 3 aromatic rings. The molecule has 3 heterocycles. The summed E-state index contributed by atoms with van der Waals surface area (Å²) >= 11 is 9.54. The molecule has 29 heavy (non-hydrogen) atoms. The molecule has 1 aliphatic rings. The zero-order valence-electron chi connectivity index (χ0n) is 14.6. The summed E-state index contributed by atoms with van der Waals surface area (Å²) < 4.78 is 53.3. The van der Waals surface area contributed by atoms with E-state index in [-0.39, 0.29) is 36.5 Å². The number of nitrogens with one attached hydrogen (secondary N) is 1. The lowest BCUT2D eigenvalue weighted by Gasteiger charge is -2.38. The van der Waals surface area contributed by atoms with Crippen LogP contribution in [0.2, 0.25) is 5.02 Å². The van der Waals surface area contributed by atoms with E-state index >= 15 is 0 Å². The molecule has 2 aromatic heterocycles. The van der Waals surface area contributed by atoms with Crippen molar-refractivity contribution in [2.45, 2.75) is 18.9 Å². The van der Waals surface area contributed by atoms with Crippen LogP contribution in [0, 0.1) is 0 Å². The number of likely N-dealkylation sites (tertiary alicyclic amines) is 1. The molecule has 11 heteroatoms. The molecule has 5 nitrogen and oxygen atoms in total. The largest absolute Gasteiger partial charge is 0.337 e. The molecule has 0 aliphatic carbocycles. The molecular weight excluding hydrogens is 478 g/mol. The number of fused-ring (bicyclic) bond motifs is 1. The fourth-order valence-electron chi connectivity index (χ4n) is 3.06. The second-order valence-corrected chi connectivity index (χ2v) is 7.90. The van der Waals surface area contributed by atoms with Crippen LogP contribution >= 0.6 is 27.5 Å². The summed E-state index contributed by atoms with van der Waals surface area (Å²) in [6.07, 6.45) is -1.39. The second-order valence-electron chi connectivity index (χ2n) is 6.67. The molecule has 0 saturated carbocycles. The van der Waals surface area contributed by atoms with Gasteiger partial charge >= 0.3 is 0 Å². The number of halogens is 6. The highest BCUT2D eigenvalue weighted by Gasteiger charge is 2.43. The first kappa shape index (κ1) is 20.2. The van der Waals surface area contributed by atoms with Crippen molar-refractivity contribution < 1.29 is 17.6 Å². The summed E-state index contributed by atoms with van der Waals surface area (Å²) in [6.45, 7) is -0.455. The molecule has 0 amide bonds. The number of anilines is 2. The summed E-state index contributed by atoms with van der Waals surface area (Å²) in [5, 5.41) is 3.28. The lowest BCUT2D eigenvalue weighted by Crippen LogP contribution is -2.55. The van der Waals surface area contributed by atoms with Gasteiger partial charge in [0.1, 0.15) is 5.52 Å². The Morgan fingerprint density at radius 1 is 1.24 bits per heavy atom. The Hall–Kier alpha value is -2.04. The van der Waals surface area contributed by atoms with Crippen molar-refractivity contribution in [2.75, 3.05) is 18.4 Å². The van der Waals surface area contributed by atoms with Gasteiger partial charge in [0.05, 0.1) is 29.3 Å². The number of nitrogens with zero attached hydrogens (tertiary/aromatic N) is 4. The predicted molar refractivity (Wildman–Crippen MR) is 105 cm³/mol. The van der Waals surface area contributed by atoms with Crippen molar-refractivity contribution >= 4 is 50.1 Å². The predicted octanol–water partition coefficient (Wildman–Crippen LogP) is 5.57. The van der Waals surface area contributed by atoms with Gasteiger partial charge in [0.25, 0.3) is 12.3 Å². The Morgan fingerprint density at radius 2 is 2.00 bits per heavy atom. The monoisotopic (exact) mass is 489 g/mol. The Labute approximate surface area is 176 Å². The first-order valence-electron chi connectivity index (χ1n) is 8.48. The van der Waals surface area contributed by atoms with E-state index < -0.39 is 18.2 Å². The van der Waals surface area contributed by atoms with E-state index in [1.54, 1.807) is 29.2 Å². The maximum Gasteiger partial charge on any atom is 0.297 e. The minimum Gasteiger partial charge on any atom is -0.337 e. The summed E-state index contributed by atoms with van der Waals surface area (Å²) in [6, 6.07) is 6.69. The molecule has 1 N–H and O–H groups in total. The molecule has 1 aromatic carbocycles. The van der Waals surface area contributed by atoms with Gasteiger partial charge in [-0.25, -0.2) is 27.5 Å². The molecule has 1 aliphatic heterocycles. The van der Waals surface area contributed by atoms with Gasteiger partial charge in [-0.05, 0) is 39.7 Å².